The molecule has 0 saturated heterocycles. The highest BCUT2D eigenvalue weighted by Crippen LogP contribution is 2.16. The van der Waals surface area contributed by atoms with Crippen molar-refractivity contribution < 1.29 is 0 Å². The Morgan fingerprint density at radius 1 is 1.35 bits per heavy atom. The molecule has 0 atom stereocenters. The van der Waals surface area contributed by atoms with E-state index in [9.17, 15) is 0 Å². The van der Waals surface area contributed by atoms with Crippen molar-refractivity contribution in [2.45, 2.75) is 20.8 Å². The SMILES string of the molecule is Cc1cccc(NC(N)=NCC(C)(C)CN(C)C)c1.I. The second-order valence-electron chi connectivity index (χ2n) is 6.10. The molecule has 3 N–H and O–H groups in total. The first-order valence-electron chi connectivity index (χ1n) is 6.57. The Bertz CT molecular complexity index is 441. The molecule has 0 spiro atoms. The van der Waals surface area contributed by atoms with E-state index >= 15 is 0 Å². The van der Waals surface area contributed by atoms with Crippen LogP contribution in [0.15, 0.2) is 29.3 Å². The fraction of sp³-hybridized carbons (Fsp3) is 0.533. The summed E-state index contributed by atoms with van der Waals surface area (Å²) >= 11 is 0. The number of aliphatic imine (C=N–C) groups is 1. The van der Waals surface area contributed by atoms with Gasteiger partial charge in [0.2, 0.25) is 0 Å². The molecule has 0 bridgehead atoms. The summed E-state index contributed by atoms with van der Waals surface area (Å²) in [7, 11) is 4.14. The second-order valence-corrected chi connectivity index (χ2v) is 6.10. The number of nitrogens with two attached hydrogens (primary N) is 1. The smallest absolute Gasteiger partial charge is 0.193 e. The van der Waals surface area contributed by atoms with Crippen LogP contribution >= 0.6 is 24.0 Å². The minimum Gasteiger partial charge on any atom is -0.370 e. The summed E-state index contributed by atoms with van der Waals surface area (Å²) in [5.41, 5.74) is 8.21. The number of nitrogens with zero attached hydrogens (tertiary/aromatic N) is 2. The van der Waals surface area contributed by atoms with Gasteiger partial charge in [0.1, 0.15) is 0 Å². The van der Waals surface area contributed by atoms with Crippen molar-refractivity contribution in [3.8, 4) is 0 Å². The van der Waals surface area contributed by atoms with Gasteiger partial charge in [-0.1, -0.05) is 26.0 Å². The molecule has 0 aliphatic rings. The van der Waals surface area contributed by atoms with Crippen LogP contribution in [0.2, 0.25) is 0 Å². The molecule has 4 nitrogen and oxygen atoms in total. The Morgan fingerprint density at radius 3 is 2.55 bits per heavy atom. The Hall–Kier alpha value is -0.820. The van der Waals surface area contributed by atoms with Gasteiger partial charge in [-0.15, -0.1) is 24.0 Å². The zero-order chi connectivity index (χ0) is 14.5. The summed E-state index contributed by atoms with van der Waals surface area (Å²) in [5.74, 6) is 0.470. The summed E-state index contributed by atoms with van der Waals surface area (Å²) in [6, 6.07) is 8.09. The van der Waals surface area contributed by atoms with E-state index in [0.717, 1.165) is 12.2 Å². The lowest BCUT2D eigenvalue weighted by atomic mass is 9.93. The lowest BCUT2D eigenvalue weighted by molar-refractivity contribution is 0.249. The van der Waals surface area contributed by atoms with Crippen molar-refractivity contribution in [2.75, 3.05) is 32.5 Å². The van der Waals surface area contributed by atoms with Crippen LogP contribution in [0.1, 0.15) is 19.4 Å². The van der Waals surface area contributed by atoms with Gasteiger partial charge in [-0.3, -0.25) is 4.99 Å². The van der Waals surface area contributed by atoms with Gasteiger partial charge in [0, 0.05) is 18.8 Å². The quantitative estimate of drug-likeness (QED) is 0.462. The summed E-state index contributed by atoms with van der Waals surface area (Å²) in [6.45, 7) is 8.12. The molecule has 5 heteroatoms. The Morgan fingerprint density at radius 2 is 2.00 bits per heavy atom. The highest BCUT2D eigenvalue weighted by Gasteiger charge is 2.18. The van der Waals surface area contributed by atoms with E-state index in [2.05, 4.69) is 56.1 Å². The van der Waals surface area contributed by atoms with Gasteiger partial charge in [0.25, 0.3) is 0 Å². The highest BCUT2D eigenvalue weighted by atomic mass is 127. The van der Waals surface area contributed by atoms with Crippen molar-refractivity contribution in [2.24, 2.45) is 16.1 Å². The van der Waals surface area contributed by atoms with Crippen LogP contribution in [0.4, 0.5) is 5.69 Å². The first kappa shape index (κ1) is 19.2. The largest absolute Gasteiger partial charge is 0.370 e. The minimum atomic E-state index is 0. The fourth-order valence-electron chi connectivity index (χ4n) is 2.12. The van der Waals surface area contributed by atoms with E-state index in [-0.39, 0.29) is 29.4 Å². The third-order valence-corrected chi connectivity index (χ3v) is 2.71. The molecule has 0 heterocycles. The Kier molecular flexibility index (Phi) is 8.12. The number of aryl methyl sites for hydroxylation is 1. The zero-order valence-corrected chi connectivity index (χ0v) is 15.4. The van der Waals surface area contributed by atoms with Crippen LogP contribution < -0.4 is 11.1 Å². The molecule has 0 radical (unpaired) electrons. The first-order chi connectivity index (χ1) is 8.78. The van der Waals surface area contributed by atoms with Gasteiger partial charge in [-0.05, 0) is 44.1 Å². The molecule has 0 aliphatic carbocycles. The maximum atomic E-state index is 5.92. The molecular formula is C15H27IN4. The highest BCUT2D eigenvalue weighted by molar-refractivity contribution is 14.0. The molecule has 114 valence electrons. The van der Waals surface area contributed by atoms with Gasteiger partial charge in [-0.2, -0.15) is 0 Å². The predicted molar refractivity (Wildman–Crippen MR) is 99.0 cm³/mol. The number of guanidine groups is 1. The topological polar surface area (TPSA) is 53.6 Å². The van der Waals surface area contributed by atoms with E-state index in [4.69, 9.17) is 5.73 Å². The van der Waals surface area contributed by atoms with Gasteiger partial charge in [0.15, 0.2) is 5.96 Å². The van der Waals surface area contributed by atoms with E-state index in [1.165, 1.54) is 5.56 Å². The van der Waals surface area contributed by atoms with E-state index < -0.39 is 0 Å². The molecule has 0 aliphatic heterocycles. The third kappa shape index (κ3) is 7.69. The summed E-state index contributed by atoms with van der Waals surface area (Å²) < 4.78 is 0. The standard InChI is InChI=1S/C15H26N4.HI/c1-12-7-6-8-13(9-12)18-14(16)17-10-15(2,3)11-19(4)5;/h6-9H,10-11H2,1-5H3,(H3,16,17,18);1H. The Labute approximate surface area is 139 Å². The number of anilines is 1. The molecule has 1 aromatic rings. The monoisotopic (exact) mass is 390 g/mol. The minimum absolute atomic E-state index is 0. The maximum absolute atomic E-state index is 5.92. The second kappa shape index (κ2) is 8.46. The van der Waals surface area contributed by atoms with E-state index in [1.807, 2.05) is 18.2 Å². The number of hydrogen-bond donors (Lipinski definition) is 2. The summed E-state index contributed by atoms with van der Waals surface area (Å²) in [4.78, 5) is 6.60. The van der Waals surface area contributed by atoms with Crippen LogP contribution in [0.25, 0.3) is 0 Å². The molecule has 0 unspecified atom stereocenters. The normalized spacial score (nSPS) is 12.2. The average molecular weight is 390 g/mol. The lowest BCUT2D eigenvalue weighted by Crippen LogP contribution is -2.32. The molecule has 0 fully saturated rings. The molecule has 0 saturated carbocycles. The summed E-state index contributed by atoms with van der Waals surface area (Å²) in [6.07, 6.45) is 0. The van der Waals surface area contributed by atoms with Crippen molar-refractivity contribution in [3.63, 3.8) is 0 Å². The Balaban J connectivity index is 0.00000361. The molecule has 0 amide bonds. The molecule has 0 aromatic heterocycles. The van der Waals surface area contributed by atoms with Crippen LogP contribution in [0, 0.1) is 12.3 Å². The number of rotatable bonds is 5. The fourth-order valence-corrected chi connectivity index (χ4v) is 2.12. The van der Waals surface area contributed by atoms with Crippen molar-refractivity contribution >= 4 is 35.6 Å². The molecular weight excluding hydrogens is 363 g/mol. The van der Waals surface area contributed by atoms with Gasteiger partial charge in [-0.25, -0.2) is 0 Å². The molecule has 1 rings (SSSR count). The maximum Gasteiger partial charge on any atom is 0.193 e. The summed E-state index contributed by atoms with van der Waals surface area (Å²) in [5, 5.41) is 3.12. The number of halogens is 1. The van der Waals surface area contributed by atoms with Crippen LogP contribution in [0.3, 0.4) is 0 Å². The van der Waals surface area contributed by atoms with Crippen molar-refractivity contribution in [1.29, 1.82) is 0 Å². The number of hydrogen-bond acceptors (Lipinski definition) is 2. The van der Waals surface area contributed by atoms with Crippen LogP contribution in [-0.4, -0.2) is 38.0 Å². The van der Waals surface area contributed by atoms with Crippen LogP contribution in [0.5, 0.6) is 0 Å². The van der Waals surface area contributed by atoms with E-state index in [0.29, 0.717) is 12.5 Å². The average Bonchev–Trinajstić information content (AvgIpc) is 2.25. The first-order valence-corrected chi connectivity index (χ1v) is 6.57. The van der Waals surface area contributed by atoms with Crippen LogP contribution in [-0.2, 0) is 0 Å². The van der Waals surface area contributed by atoms with Crippen molar-refractivity contribution in [1.82, 2.24) is 4.90 Å². The molecule has 20 heavy (non-hydrogen) atoms. The van der Waals surface area contributed by atoms with Gasteiger partial charge in [0.05, 0.1) is 0 Å². The third-order valence-electron chi connectivity index (χ3n) is 2.71. The number of nitrogens with one attached hydrogen (secondary N) is 1. The zero-order valence-electron chi connectivity index (χ0n) is 13.1. The number of benzene rings is 1. The van der Waals surface area contributed by atoms with Gasteiger partial charge >= 0.3 is 0 Å². The van der Waals surface area contributed by atoms with Crippen molar-refractivity contribution in [3.05, 3.63) is 29.8 Å². The van der Waals surface area contributed by atoms with E-state index in [1.54, 1.807) is 0 Å². The predicted octanol–water partition coefficient (Wildman–Crippen LogP) is 2.93. The lowest BCUT2D eigenvalue weighted by Gasteiger charge is -2.26. The molecule has 1 aromatic carbocycles. The van der Waals surface area contributed by atoms with Gasteiger partial charge < -0.3 is 16.0 Å².